The third kappa shape index (κ3) is 6.36. The first-order valence-electron chi connectivity index (χ1n) is 21.7. The zero-order valence-corrected chi connectivity index (χ0v) is 33.2. The summed E-state index contributed by atoms with van der Waals surface area (Å²) in [6.07, 6.45) is 44.2. The minimum atomic E-state index is 0.230. The third-order valence-corrected chi connectivity index (χ3v) is 13.4. The second-order valence-corrected chi connectivity index (χ2v) is 16.8. The topological polar surface area (TPSA) is 8.17 Å². The minimum absolute atomic E-state index is 0.230. The number of nitrogens with zero attached hydrogens (tertiary/aromatic N) is 2. The highest BCUT2D eigenvalue weighted by atomic mass is 15.2. The number of aromatic nitrogens is 1. The first kappa shape index (κ1) is 35.1. The first-order valence-corrected chi connectivity index (χ1v) is 21.7. The highest BCUT2D eigenvalue weighted by Crippen LogP contribution is 2.42. The smallest absolute Gasteiger partial charge is 0.0615 e. The standard InChI is InChI=1S/C56H50N2/c1-2-11-39(12-3-1)41-23-30-48(31-24-41)57(50-34-27-43(28-35-50)47-22-21-40-13-4-5-15-45(40)37-47)49-32-25-42(26-33-49)46-16-10-17-51(38-46)58-55-20-9-8-19-53(55)54-36-29-44-14-6-7-18-52(44)56(54)58/h1-3,6-8,10-15,17-19,23-27,29-32,34-38,43,46,49H,4-5,9,16,20-22,28,33H2. The van der Waals surface area contributed by atoms with E-state index in [1.165, 1.54) is 98.0 Å². The van der Waals surface area contributed by atoms with E-state index in [0.29, 0.717) is 11.8 Å². The van der Waals surface area contributed by atoms with Crippen LogP contribution in [0, 0.1) is 11.8 Å². The van der Waals surface area contributed by atoms with Gasteiger partial charge in [-0.2, -0.15) is 0 Å². The normalized spacial score (nSPS) is 22.4. The van der Waals surface area contributed by atoms with Gasteiger partial charge in [0.2, 0.25) is 0 Å². The van der Waals surface area contributed by atoms with Gasteiger partial charge in [-0.05, 0) is 115 Å². The fourth-order valence-corrected chi connectivity index (χ4v) is 10.4. The van der Waals surface area contributed by atoms with Gasteiger partial charge in [0, 0.05) is 50.9 Å². The Morgan fingerprint density at radius 3 is 2.31 bits per heavy atom. The van der Waals surface area contributed by atoms with E-state index in [2.05, 4.69) is 186 Å². The molecule has 0 bridgehead atoms. The molecule has 58 heavy (non-hydrogen) atoms. The van der Waals surface area contributed by atoms with E-state index >= 15 is 0 Å². The maximum absolute atomic E-state index is 2.59. The molecule has 3 atom stereocenters. The number of hydrogen-bond donors (Lipinski definition) is 0. The molecule has 0 amide bonds. The molecule has 0 saturated carbocycles. The zero-order valence-electron chi connectivity index (χ0n) is 33.2. The number of allylic oxidation sites excluding steroid dienone is 16. The van der Waals surface area contributed by atoms with Gasteiger partial charge in [0.25, 0.3) is 0 Å². The summed E-state index contributed by atoms with van der Waals surface area (Å²) in [7, 11) is 0. The molecule has 1 heterocycles. The van der Waals surface area contributed by atoms with Crippen LogP contribution >= 0.6 is 0 Å². The maximum Gasteiger partial charge on any atom is 0.0615 e. The van der Waals surface area contributed by atoms with Crippen LogP contribution in [-0.4, -0.2) is 10.6 Å². The molecule has 0 N–H and O–H groups in total. The van der Waals surface area contributed by atoms with Crippen molar-refractivity contribution in [1.29, 1.82) is 0 Å². The Bertz CT molecular complexity index is 2750. The second-order valence-electron chi connectivity index (χ2n) is 16.8. The van der Waals surface area contributed by atoms with Crippen LogP contribution in [0.15, 0.2) is 198 Å². The molecule has 0 radical (unpaired) electrons. The molecule has 6 aliphatic rings. The van der Waals surface area contributed by atoms with Gasteiger partial charge in [-0.25, -0.2) is 0 Å². The average Bonchev–Trinajstić information content (AvgIpc) is 3.65. The van der Waals surface area contributed by atoms with Crippen molar-refractivity contribution < 1.29 is 0 Å². The van der Waals surface area contributed by atoms with Gasteiger partial charge in [-0.15, -0.1) is 0 Å². The van der Waals surface area contributed by atoms with Crippen molar-refractivity contribution in [3.63, 3.8) is 0 Å². The van der Waals surface area contributed by atoms with Crippen LogP contribution in [0.2, 0.25) is 0 Å². The van der Waals surface area contributed by atoms with Crippen molar-refractivity contribution in [3.8, 4) is 11.1 Å². The van der Waals surface area contributed by atoms with Crippen molar-refractivity contribution in [2.45, 2.75) is 63.8 Å². The third-order valence-electron chi connectivity index (χ3n) is 13.4. The van der Waals surface area contributed by atoms with E-state index in [4.69, 9.17) is 0 Å². The minimum Gasteiger partial charge on any atom is -0.335 e. The SMILES string of the molecule is C1=Cc2c(n(C3=CC(C4=CCC(N(C5=CCC(C6=CC7=CCCC=C7CC6)C=C5)c5ccc(-c6ccccc6)cc5)C=C4)CC=C3)c3c2ccc2ccccc23)CC1. The zero-order chi connectivity index (χ0) is 38.4. The van der Waals surface area contributed by atoms with E-state index in [-0.39, 0.29) is 6.04 Å². The number of anilines is 1. The van der Waals surface area contributed by atoms with Crippen molar-refractivity contribution in [2.75, 3.05) is 4.90 Å². The van der Waals surface area contributed by atoms with Crippen LogP contribution in [0.3, 0.4) is 0 Å². The van der Waals surface area contributed by atoms with Gasteiger partial charge >= 0.3 is 0 Å². The molecule has 6 aliphatic carbocycles. The van der Waals surface area contributed by atoms with Crippen molar-refractivity contribution in [2.24, 2.45) is 11.8 Å². The molecule has 0 spiro atoms. The van der Waals surface area contributed by atoms with Crippen molar-refractivity contribution in [3.05, 3.63) is 209 Å². The molecule has 2 heteroatoms. The molecule has 3 unspecified atom stereocenters. The Hall–Kier alpha value is -6.12. The predicted molar refractivity (Wildman–Crippen MR) is 246 cm³/mol. The average molecular weight is 751 g/mol. The summed E-state index contributed by atoms with van der Waals surface area (Å²) >= 11 is 0. The summed E-state index contributed by atoms with van der Waals surface area (Å²) < 4.78 is 2.59. The molecule has 0 fully saturated rings. The summed E-state index contributed by atoms with van der Waals surface area (Å²) in [6, 6.07) is 33.7. The van der Waals surface area contributed by atoms with E-state index in [1.54, 1.807) is 11.1 Å². The van der Waals surface area contributed by atoms with E-state index in [9.17, 15) is 0 Å². The molecule has 11 rings (SSSR count). The molecule has 2 nitrogen and oxygen atoms in total. The molecular formula is C56H50N2. The predicted octanol–water partition coefficient (Wildman–Crippen LogP) is 14.4. The fourth-order valence-electron chi connectivity index (χ4n) is 10.4. The molecule has 0 aliphatic heterocycles. The molecule has 4 aromatic carbocycles. The van der Waals surface area contributed by atoms with Gasteiger partial charge in [0.05, 0.1) is 11.6 Å². The Kier molecular flexibility index (Phi) is 9.07. The quantitative estimate of drug-likeness (QED) is 0.161. The van der Waals surface area contributed by atoms with Crippen LogP contribution in [0.5, 0.6) is 0 Å². The summed E-state index contributed by atoms with van der Waals surface area (Å²) in [4.78, 5) is 2.59. The molecule has 1 aromatic heterocycles. The Balaban J connectivity index is 0.894. The second kappa shape index (κ2) is 15.0. The monoisotopic (exact) mass is 750 g/mol. The summed E-state index contributed by atoms with van der Waals surface area (Å²) in [5.74, 6) is 0.812. The highest BCUT2D eigenvalue weighted by Gasteiger charge is 2.28. The number of benzene rings is 4. The lowest BCUT2D eigenvalue weighted by Crippen LogP contribution is -2.34. The Morgan fingerprint density at radius 1 is 0.586 bits per heavy atom. The van der Waals surface area contributed by atoms with Crippen LogP contribution in [0.4, 0.5) is 5.69 Å². The van der Waals surface area contributed by atoms with Gasteiger partial charge < -0.3 is 9.47 Å². The number of hydrogen-bond acceptors (Lipinski definition) is 1. The lowest BCUT2D eigenvalue weighted by molar-refractivity contribution is 0.677. The van der Waals surface area contributed by atoms with E-state index in [0.717, 1.165) is 32.1 Å². The van der Waals surface area contributed by atoms with Crippen LogP contribution in [0.1, 0.15) is 62.6 Å². The molecule has 5 aromatic rings. The van der Waals surface area contributed by atoms with Crippen molar-refractivity contribution >= 4 is 39.1 Å². The van der Waals surface area contributed by atoms with Gasteiger partial charge in [0.1, 0.15) is 0 Å². The van der Waals surface area contributed by atoms with Crippen LogP contribution in [0.25, 0.3) is 44.6 Å². The van der Waals surface area contributed by atoms with E-state index in [1.807, 2.05) is 0 Å². The fraction of sp³-hybridized carbons (Fsp3) is 0.214. The van der Waals surface area contributed by atoms with Gasteiger partial charge in [-0.3, -0.25) is 0 Å². The summed E-state index contributed by atoms with van der Waals surface area (Å²) in [5.41, 5.74) is 16.6. The molecular weight excluding hydrogens is 701 g/mol. The van der Waals surface area contributed by atoms with Gasteiger partial charge in [-0.1, -0.05) is 157 Å². The van der Waals surface area contributed by atoms with Crippen LogP contribution < -0.4 is 4.90 Å². The van der Waals surface area contributed by atoms with Crippen LogP contribution in [-0.2, 0) is 6.42 Å². The van der Waals surface area contributed by atoms with E-state index < -0.39 is 0 Å². The van der Waals surface area contributed by atoms with Crippen molar-refractivity contribution in [1.82, 2.24) is 4.57 Å². The lowest BCUT2D eigenvalue weighted by Gasteiger charge is -2.36. The summed E-state index contributed by atoms with van der Waals surface area (Å²) in [5, 5.41) is 3.99. The molecule has 284 valence electrons. The number of rotatable bonds is 7. The number of fused-ring (bicyclic) bond motifs is 6. The Morgan fingerprint density at radius 2 is 1.45 bits per heavy atom. The largest absolute Gasteiger partial charge is 0.335 e. The molecule has 0 saturated heterocycles. The highest BCUT2D eigenvalue weighted by molar-refractivity contribution is 6.11. The van der Waals surface area contributed by atoms with Gasteiger partial charge in [0.15, 0.2) is 0 Å². The Labute approximate surface area is 343 Å². The lowest BCUT2D eigenvalue weighted by atomic mass is 9.79. The summed E-state index contributed by atoms with van der Waals surface area (Å²) in [6.45, 7) is 0. The first-order chi connectivity index (χ1) is 28.7. The maximum atomic E-state index is 2.59.